The number of rotatable bonds is 28. The van der Waals surface area contributed by atoms with Crippen LogP contribution in [0.1, 0.15) is 121 Å². The molecule has 11 heteroatoms. The summed E-state index contributed by atoms with van der Waals surface area (Å²) in [6.45, 7) is 22.5. The van der Waals surface area contributed by atoms with Crippen LogP contribution in [0.4, 0.5) is 0 Å². The Morgan fingerprint density at radius 2 is 0.765 bits per heavy atom. The van der Waals surface area contributed by atoms with E-state index in [0.29, 0.717) is 26.4 Å². The minimum absolute atomic E-state index is 0.186. The Balaban J connectivity index is 4.68. The fraction of sp³-hybridized carbons (Fsp3) is 0.600. The van der Waals surface area contributed by atoms with Gasteiger partial charge in [-0.25, -0.2) is 9.13 Å². The van der Waals surface area contributed by atoms with Crippen molar-refractivity contribution >= 4 is 15.6 Å². The van der Waals surface area contributed by atoms with Gasteiger partial charge in [-0.15, -0.1) is 0 Å². The topological polar surface area (TPSA) is 121 Å². The quantitative estimate of drug-likeness (QED) is 0.0457. The van der Waals surface area contributed by atoms with Gasteiger partial charge in [0, 0.05) is 0 Å². The summed E-state index contributed by atoms with van der Waals surface area (Å²) >= 11 is 0. The Bertz CT molecular complexity index is 1260. The van der Waals surface area contributed by atoms with Gasteiger partial charge in [-0.1, -0.05) is 93.2 Å². The largest absolute Gasteiger partial charge is 0.484 e. The molecule has 0 bridgehead atoms. The number of phosphoric ester groups is 1. The molecule has 0 aromatic carbocycles. The molecule has 0 aromatic rings. The van der Waals surface area contributed by atoms with Gasteiger partial charge in [-0.3, -0.25) is 9.05 Å². The Morgan fingerprint density at radius 3 is 1.08 bits per heavy atom. The van der Waals surface area contributed by atoms with Gasteiger partial charge in [0.1, 0.15) is 0 Å². The molecule has 0 heterocycles. The molecule has 0 aromatic heterocycles. The van der Waals surface area contributed by atoms with Crippen LogP contribution in [0.3, 0.4) is 0 Å². The molecule has 0 aliphatic carbocycles. The van der Waals surface area contributed by atoms with E-state index in [-0.39, 0.29) is 13.2 Å². The van der Waals surface area contributed by atoms with Gasteiger partial charge < -0.3 is 19.3 Å². The first kappa shape index (κ1) is 49.1. The van der Waals surface area contributed by atoms with Crippen molar-refractivity contribution in [1.29, 1.82) is 0 Å². The highest BCUT2D eigenvalue weighted by atomic mass is 31.3. The predicted molar refractivity (Wildman–Crippen MR) is 213 cm³/mol. The summed E-state index contributed by atoms with van der Waals surface area (Å²) in [4.78, 5) is 18.6. The monoisotopic (exact) mass is 754 g/mol. The lowest BCUT2D eigenvalue weighted by atomic mass is 10.1. The van der Waals surface area contributed by atoms with E-state index in [9.17, 15) is 18.9 Å². The van der Waals surface area contributed by atoms with Crippen LogP contribution in [0.25, 0.3) is 0 Å². The lowest BCUT2D eigenvalue weighted by Crippen LogP contribution is -2.01. The molecule has 0 aliphatic heterocycles. The molecular weight excluding hydrogens is 686 g/mol. The lowest BCUT2D eigenvalue weighted by Gasteiger charge is -2.17. The predicted octanol–water partition coefficient (Wildman–Crippen LogP) is 12.0. The summed E-state index contributed by atoms with van der Waals surface area (Å²) in [6, 6.07) is 0. The second-order valence-corrected chi connectivity index (χ2v) is 16.7. The van der Waals surface area contributed by atoms with Crippen molar-refractivity contribution < 1.29 is 41.7 Å². The number of ether oxygens (including phenoxy) is 2. The molecule has 9 nitrogen and oxygen atoms in total. The number of phosphoric acid groups is 2. The highest BCUT2D eigenvalue weighted by molar-refractivity contribution is 7.61. The molecule has 0 unspecified atom stereocenters. The molecule has 0 rings (SSSR count). The van der Waals surface area contributed by atoms with Crippen molar-refractivity contribution in [2.24, 2.45) is 0 Å². The third-order valence-electron chi connectivity index (χ3n) is 7.54. The normalized spacial score (nSPS) is 15.2. The van der Waals surface area contributed by atoms with Gasteiger partial charge in [0.05, 0.1) is 39.6 Å². The third kappa shape index (κ3) is 32.5. The molecule has 2 N–H and O–H groups in total. The van der Waals surface area contributed by atoms with Gasteiger partial charge >= 0.3 is 15.6 Å². The van der Waals surface area contributed by atoms with Crippen LogP contribution in [-0.2, 0) is 32.0 Å². The Kier molecular flexibility index (Phi) is 27.5. The first-order chi connectivity index (χ1) is 23.9. The number of allylic oxidation sites excluding steroid dienone is 10. The summed E-state index contributed by atoms with van der Waals surface area (Å²) in [5.41, 5.74) is 9.50. The van der Waals surface area contributed by atoms with Crippen LogP contribution in [0.2, 0.25) is 0 Å². The SMILES string of the molecule is CC(C)=CCC/C(C)=C\COC/C(C)=C/CC/C(C)=C/COP(=O)(OC/C=C(\C)CC/C=C(\C)COC/C=C(/C)CCC=C(C)C)OP(=O)(O)O. The summed E-state index contributed by atoms with van der Waals surface area (Å²) in [7, 11) is -9.66. The molecule has 0 aliphatic rings. The fourth-order valence-electron chi connectivity index (χ4n) is 4.39. The maximum Gasteiger partial charge on any atom is 0.484 e. The standard InChI is InChI=1S/C40H68O9P2/c1-33(2)15-11-17-35(5)23-27-45-31-39(9)21-13-19-37(7)25-29-47-51(44,49-50(41,42)43)48-30-26-38(8)20-14-22-40(10)32-46-28-24-36(6)18-12-16-34(3)4/h15-16,21-26H,11-14,17-20,27-32H2,1-10H3,(H2,41,42,43)/b35-23-,36-24-,37-25+,38-26+,39-21+,40-22+. The van der Waals surface area contributed by atoms with E-state index in [2.05, 4.69) is 82.3 Å². The van der Waals surface area contributed by atoms with Gasteiger partial charge in [-0.2, -0.15) is 4.31 Å². The molecule has 0 spiro atoms. The average molecular weight is 755 g/mol. The van der Waals surface area contributed by atoms with E-state index in [4.69, 9.17) is 18.5 Å². The molecule has 0 saturated heterocycles. The van der Waals surface area contributed by atoms with Crippen LogP contribution in [0.5, 0.6) is 0 Å². The van der Waals surface area contributed by atoms with Gasteiger partial charge in [-0.05, 0) is 121 Å². The highest BCUT2D eigenvalue weighted by Gasteiger charge is 2.35. The van der Waals surface area contributed by atoms with E-state index in [0.717, 1.165) is 73.7 Å². The zero-order valence-electron chi connectivity index (χ0n) is 33.2. The van der Waals surface area contributed by atoms with Crippen LogP contribution >= 0.6 is 15.6 Å². The second-order valence-electron chi connectivity index (χ2n) is 13.7. The first-order valence-corrected chi connectivity index (χ1v) is 20.9. The van der Waals surface area contributed by atoms with Crippen LogP contribution in [0, 0.1) is 0 Å². The second kappa shape index (κ2) is 28.6. The maximum absolute atomic E-state index is 13.0. The van der Waals surface area contributed by atoms with Crippen molar-refractivity contribution in [3.63, 3.8) is 0 Å². The molecule has 0 radical (unpaired) electrons. The Morgan fingerprint density at radius 1 is 0.451 bits per heavy atom. The van der Waals surface area contributed by atoms with E-state index in [1.165, 1.54) is 22.3 Å². The minimum Gasteiger partial charge on any atom is -0.373 e. The van der Waals surface area contributed by atoms with E-state index >= 15 is 0 Å². The fourth-order valence-corrected chi connectivity index (χ4v) is 6.40. The zero-order chi connectivity index (χ0) is 38.7. The minimum atomic E-state index is -5.13. The summed E-state index contributed by atoms with van der Waals surface area (Å²) in [5.74, 6) is 0. The summed E-state index contributed by atoms with van der Waals surface area (Å²) < 4.78 is 51.0. The van der Waals surface area contributed by atoms with Gasteiger partial charge in [0.25, 0.3) is 0 Å². The molecule has 0 fully saturated rings. The van der Waals surface area contributed by atoms with Crippen LogP contribution < -0.4 is 0 Å². The maximum atomic E-state index is 13.0. The number of hydrogen-bond acceptors (Lipinski definition) is 7. The van der Waals surface area contributed by atoms with Crippen molar-refractivity contribution in [2.45, 2.75) is 121 Å². The zero-order valence-corrected chi connectivity index (χ0v) is 35.0. The third-order valence-corrected chi connectivity index (χ3v) is 10.1. The van der Waals surface area contributed by atoms with Crippen LogP contribution in [-0.4, -0.2) is 49.4 Å². The smallest absolute Gasteiger partial charge is 0.373 e. The van der Waals surface area contributed by atoms with E-state index < -0.39 is 15.6 Å². The summed E-state index contributed by atoms with van der Waals surface area (Å²) in [6.07, 6.45) is 23.5. The van der Waals surface area contributed by atoms with Crippen molar-refractivity contribution in [1.82, 2.24) is 0 Å². The Hall–Kier alpha value is -1.90. The molecule has 292 valence electrons. The average Bonchev–Trinajstić information content (AvgIpc) is 3.00. The lowest BCUT2D eigenvalue weighted by molar-refractivity contribution is 0.159. The molecular formula is C40H68O9P2. The van der Waals surface area contributed by atoms with Crippen molar-refractivity contribution in [2.75, 3.05) is 39.6 Å². The van der Waals surface area contributed by atoms with Crippen LogP contribution in [0.15, 0.2) is 93.2 Å². The van der Waals surface area contributed by atoms with Crippen molar-refractivity contribution in [3.05, 3.63) is 93.2 Å². The molecule has 51 heavy (non-hydrogen) atoms. The first-order valence-electron chi connectivity index (χ1n) is 17.9. The summed E-state index contributed by atoms with van der Waals surface area (Å²) in [5, 5.41) is 0. The molecule has 0 amide bonds. The highest BCUT2D eigenvalue weighted by Crippen LogP contribution is 2.61. The molecule has 0 saturated carbocycles. The van der Waals surface area contributed by atoms with E-state index in [1.54, 1.807) is 12.2 Å². The Labute approximate surface area is 310 Å². The van der Waals surface area contributed by atoms with E-state index in [1.807, 2.05) is 27.7 Å². The number of hydrogen-bond donors (Lipinski definition) is 2. The van der Waals surface area contributed by atoms with Crippen molar-refractivity contribution in [3.8, 4) is 0 Å². The van der Waals surface area contributed by atoms with Gasteiger partial charge in [0.2, 0.25) is 0 Å². The van der Waals surface area contributed by atoms with Gasteiger partial charge in [0.15, 0.2) is 0 Å². The molecule has 0 atom stereocenters.